The van der Waals surface area contributed by atoms with Crippen molar-refractivity contribution < 1.29 is 18.0 Å². The molecule has 80 valence electrons. The molecule has 0 aromatic carbocycles. The van der Waals surface area contributed by atoms with Crippen LogP contribution in [0.25, 0.3) is 0 Å². The lowest BCUT2D eigenvalue weighted by molar-refractivity contribution is -0.138. The van der Waals surface area contributed by atoms with Crippen molar-refractivity contribution in [2.45, 2.75) is 19.3 Å². The summed E-state index contributed by atoms with van der Waals surface area (Å²) in [5.41, 5.74) is -0.258. The number of rotatable bonds is 1. The van der Waals surface area contributed by atoms with Gasteiger partial charge in [0, 0.05) is 18.3 Å². The fraction of sp³-hybridized carbons (Fsp3) is 0.333. The summed E-state index contributed by atoms with van der Waals surface area (Å²) < 4.78 is 37.6. The molecule has 0 N–H and O–H groups in total. The first kappa shape index (κ1) is 9.95. The molecule has 0 saturated carbocycles. The standard InChI is InChI=1S/C9H7F3N2O/c10-9(11,12)7-1-2-13-8-4-14(5-15)3-6(7)8/h1-2,5H,3-4H2. The predicted octanol–water partition coefficient (Wildman–Crippen LogP) is 1.57. The highest BCUT2D eigenvalue weighted by molar-refractivity contribution is 5.51. The van der Waals surface area contributed by atoms with Gasteiger partial charge < -0.3 is 4.90 Å². The Kier molecular flexibility index (Phi) is 2.13. The van der Waals surface area contributed by atoms with E-state index in [4.69, 9.17) is 0 Å². The van der Waals surface area contributed by atoms with Crippen LogP contribution < -0.4 is 0 Å². The number of carbonyl (C=O) groups is 1. The van der Waals surface area contributed by atoms with E-state index in [-0.39, 0.29) is 18.7 Å². The number of amides is 1. The summed E-state index contributed by atoms with van der Waals surface area (Å²) in [6.45, 7) is 0.143. The number of pyridine rings is 1. The van der Waals surface area contributed by atoms with E-state index in [1.165, 1.54) is 4.90 Å². The van der Waals surface area contributed by atoms with Crippen LogP contribution in [0.3, 0.4) is 0 Å². The zero-order valence-corrected chi connectivity index (χ0v) is 7.58. The molecule has 0 aliphatic carbocycles. The van der Waals surface area contributed by atoms with Crippen molar-refractivity contribution in [3.05, 3.63) is 29.1 Å². The van der Waals surface area contributed by atoms with Crippen LogP contribution in [0.1, 0.15) is 16.8 Å². The Morgan fingerprint density at radius 2 is 2.13 bits per heavy atom. The van der Waals surface area contributed by atoms with Gasteiger partial charge >= 0.3 is 6.18 Å². The molecule has 0 bridgehead atoms. The smallest absolute Gasteiger partial charge is 0.335 e. The lowest BCUT2D eigenvalue weighted by Gasteiger charge is -2.10. The van der Waals surface area contributed by atoms with Gasteiger partial charge in [-0.25, -0.2) is 0 Å². The molecule has 1 aliphatic rings. The number of hydrogen-bond acceptors (Lipinski definition) is 2. The summed E-state index contributed by atoms with van der Waals surface area (Å²) in [5.74, 6) is 0. The summed E-state index contributed by atoms with van der Waals surface area (Å²) in [4.78, 5) is 15.5. The Hall–Kier alpha value is -1.59. The molecular weight excluding hydrogens is 209 g/mol. The van der Waals surface area contributed by atoms with Crippen molar-refractivity contribution in [3.63, 3.8) is 0 Å². The molecule has 0 radical (unpaired) electrons. The molecule has 0 spiro atoms. The van der Waals surface area contributed by atoms with Crippen molar-refractivity contribution in [2.75, 3.05) is 0 Å². The average Bonchev–Trinajstić information content (AvgIpc) is 2.57. The van der Waals surface area contributed by atoms with Crippen LogP contribution in [0, 0.1) is 0 Å². The Labute approximate surface area is 83.5 Å². The largest absolute Gasteiger partial charge is 0.416 e. The number of fused-ring (bicyclic) bond motifs is 1. The van der Waals surface area contributed by atoms with E-state index in [1.54, 1.807) is 0 Å². The molecule has 0 atom stereocenters. The van der Waals surface area contributed by atoms with Crippen molar-refractivity contribution in [1.29, 1.82) is 0 Å². The number of carbonyl (C=O) groups excluding carboxylic acids is 1. The van der Waals surface area contributed by atoms with Crippen molar-refractivity contribution in [3.8, 4) is 0 Å². The number of nitrogens with zero attached hydrogens (tertiary/aromatic N) is 2. The maximum atomic E-state index is 12.5. The molecule has 0 unspecified atom stereocenters. The summed E-state index contributed by atoms with van der Waals surface area (Å²) in [6, 6.07) is 0.938. The Morgan fingerprint density at radius 3 is 2.73 bits per heavy atom. The monoisotopic (exact) mass is 216 g/mol. The molecule has 1 aromatic rings. The van der Waals surface area contributed by atoms with Gasteiger partial charge in [-0.05, 0) is 6.07 Å². The van der Waals surface area contributed by atoms with Crippen LogP contribution in [0.5, 0.6) is 0 Å². The number of alkyl halides is 3. The first-order chi connectivity index (χ1) is 7.02. The molecule has 2 rings (SSSR count). The zero-order valence-electron chi connectivity index (χ0n) is 7.58. The molecule has 1 aromatic heterocycles. The Morgan fingerprint density at radius 1 is 1.40 bits per heavy atom. The van der Waals surface area contributed by atoms with Gasteiger partial charge in [0.25, 0.3) is 0 Å². The van der Waals surface area contributed by atoms with E-state index in [1.807, 2.05) is 0 Å². The van der Waals surface area contributed by atoms with Gasteiger partial charge in [-0.2, -0.15) is 13.2 Å². The summed E-state index contributed by atoms with van der Waals surface area (Å²) >= 11 is 0. The third-order valence-corrected chi connectivity index (χ3v) is 2.31. The third kappa shape index (κ3) is 1.67. The maximum absolute atomic E-state index is 12.5. The second kappa shape index (κ2) is 3.22. The van der Waals surface area contributed by atoms with E-state index in [9.17, 15) is 18.0 Å². The normalized spacial score (nSPS) is 15.3. The number of aromatic nitrogens is 1. The minimum Gasteiger partial charge on any atom is -0.335 e. The van der Waals surface area contributed by atoms with Crippen LogP contribution in [0.15, 0.2) is 12.3 Å². The van der Waals surface area contributed by atoms with Crippen LogP contribution in [-0.2, 0) is 24.1 Å². The predicted molar refractivity (Wildman–Crippen MR) is 44.6 cm³/mol. The van der Waals surface area contributed by atoms with Gasteiger partial charge in [0.15, 0.2) is 0 Å². The van der Waals surface area contributed by atoms with Crippen LogP contribution in [0.2, 0.25) is 0 Å². The van der Waals surface area contributed by atoms with Gasteiger partial charge in [-0.1, -0.05) is 0 Å². The van der Waals surface area contributed by atoms with Gasteiger partial charge in [-0.15, -0.1) is 0 Å². The first-order valence-corrected chi connectivity index (χ1v) is 4.25. The molecule has 6 heteroatoms. The molecule has 3 nitrogen and oxygen atoms in total. The maximum Gasteiger partial charge on any atom is 0.416 e. The van der Waals surface area contributed by atoms with Crippen molar-refractivity contribution in [1.82, 2.24) is 9.88 Å². The summed E-state index contributed by atoms with van der Waals surface area (Å²) in [7, 11) is 0. The second-order valence-corrected chi connectivity index (χ2v) is 3.29. The van der Waals surface area contributed by atoms with E-state index in [2.05, 4.69) is 4.98 Å². The van der Waals surface area contributed by atoms with Gasteiger partial charge in [-0.3, -0.25) is 9.78 Å². The van der Waals surface area contributed by atoms with Crippen LogP contribution >= 0.6 is 0 Å². The lowest BCUT2D eigenvalue weighted by atomic mass is 10.1. The van der Waals surface area contributed by atoms with Crippen LogP contribution in [0.4, 0.5) is 13.2 Å². The molecule has 0 fully saturated rings. The highest BCUT2D eigenvalue weighted by Crippen LogP contribution is 2.35. The minimum atomic E-state index is -4.38. The van der Waals surface area contributed by atoms with E-state index < -0.39 is 11.7 Å². The fourth-order valence-corrected chi connectivity index (χ4v) is 1.64. The van der Waals surface area contributed by atoms with Gasteiger partial charge in [0.1, 0.15) is 0 Å². The molecular formula is C9H7F3N2O. The van der Waals surface area contributed by atoms with E-state index >= 15 is 0 Å². The molecule has 0 saturated heterocycles. The highest BCUT2D eigenvalue weighted by Gasteiger charge is 2.36. The second-order valence-electron chi connectivity index (χ2n) is 3.29. The molecule has 15 heavy (non-hydrogen) atoms. The lowest BCUT2D eigenvalue weighted by Crippen LogP contribution is -2.14. The summed E-state index contributed by atoms with van der Waals surface area (Å²) in [6.07, 6.45) is -2.73. The quantitative estimate of drug-likeness (QED) is 0.667. The van der Waals surface area contributed by atoms with Crippen LogP contribution in [-0.4, -0.2) is 16.3 Å². The molecule has 1 amide bonds. The third-order valence-electron chi connectivity index (χ3n) is 2.31. The minimum absolute atomic E-state index is 0.0124. The topological polar surface area (TPSA) is 33.2 Å². The van der Waals surface area contributed by atoms with Crippen molar-refractivity contribution >= 4 is 6.41 Å². The van der Waals surface area contributed by atoms with E-state index in [0.29, 0.717) is 12.1 Å². The van der Waals surface area contributed by atoms with E-state index in [0.717, 1.165) is 12.3 Å². The highest BCUT2D eigenvalue weighted by atomic mass is 19.4. The van der Waals surface area contributed by atoms with Crippen molar-refractivity contribution in [2.24, 2.45) is 0 Å². The average molecular weight is 216 g/mol. The number of hydrogen-bond donors (Lipinski definition) is 0. The SMILES string of the molecule is O=CN1Cc2nccc(C(F)(F)F)c2C1. The van der Waals surface area contributed by atoms with Gasteiger partial charge in [0.2, 0.25) is 6.41 Å². The van der Waals surface area contributed by atoms with Gasteiger partial charge in [0.05, 0.1) is 17.8 Å². The zero-order chi connectivity index (χ0) is 11.1. The molecule has 1 aliphatic heterocycles. The molecule has 2 heterocycles. The fourth-order valence-electron chi connectivity index (χ4n) is 1.64. The first-order valence-electron chi connectivity index (χ1n) is 4.25. The Bertz CT molecular complexity index is 403. The Balaban J connectivity index is 2.46. The summed E-state index contributed by atoms with van der Waals surface area (Å²) in [5, 5.41) is 0. The number of halogens is 3.